The van der Waals surface area contributed by atoms with E-state index in [1.165, 1.54) is 40.8 Å². The third-order valence-electron chi connectivity index (χ3n) is 4.61. The molecule has 0 aliphatic rings. The fraction of sp³-hybridized carbons (Fsp3) is 0.150. The van der Waals surface area contributed by atoms with Gasteiger partial charge in [-0.1, -0.05) is 36.4 Å². The fourth-order valence-electron chi connectivity index (χ4n) is 3.12. The molecule has 0 saturated heterocycles. The fourth-order valence-corrected chi connectivity index (χ4v) is 3.67. The van der Waals surface area contributed by atoms with Gasteiger partial charge in [-0.05, 0) is 23.8 Å². The lowest BCUT2D eigenvalue weighted by molar-refractivity contribution is -0.114. The number of amides is 1. The van der Waals surface area contributed by atoms with Crippen LogP contribution < -0.4 is 32.3 Å². The van der Waals surface area contributed by atoms with Crippen molar-refractivity contribution in [3.05, 3.63) is 81.0 Å². The molecule has 0 spiro atoms. The standard InChI is InChI=1S/C20H22N6O5S/c1-25(12-16(27)23-14-8-5-9-15(10-14)32(22,30)31)17-18(21)26(20(29)24-19(17)28)11-13-6-3-2-4-7-13/h2-10H,11-12,21H2,1H3,(H,23,27)(H2,22,30,31)(H,24,28,29). The second-order valence-corrected chi connectivity index (χ2v) is 8.60. The highest BCUT2D eigenvalue weighted by Crippen LogP contribution is 2.17. The number of sulfonamides is 1. The maximum atomic E-state index is 12.5. The van der Waals surface area contributed by atoms with Crippen molar-refractivity contribution in [2.45, 2.75) is 11.4 Å². The molecule has 1 amide bonds. The lowest BCUT2D eigenvalue weighted by atomic mass is 10.2. The van der Waals surface area contributed by atoms with Crippen LogP contribution in [0, 0.1) is 0 Å². The lowest BCUT2D eigenvalue weighted by Gasteiger charge is -2.21. The molecule has 0 fully saturated rings. The van der Waals surface area contributed by atoms with Crippen molar-refractivity contribution in [3.63, 3.8) is 0 Å². The van der Waals surface area contributed by atoms with E-state index in [2.05, 4.69) is 10.3 Å². The Hall–Kier alpha value is -3.90. The molecule has 0 radical (unpaired) electrons. The van der Waals surface area contributed by atoms with E-state index in [-0.39, 0.29) is 35.2 Å². The van der Waals surface area contributed by atoms with Gasteiger partial charge >= 0.3 is 5.69 Å². The van der Waals surface area contributed by atoms with Gasteiger partial charge in [-0.3, -0.25) is 19.1 Å². The first-order valence-electron chi connectivity index (χ1n) is 9.36. The van der Waals surface area contributed by atoms with Gasteiger partial charge in [0, 0.05) is 12.7 Å². The van der Waals surface area contributed by atoms with E-state index in [9.17, 15) is 22.8 Å². The number of H-pyrrole nitrogens is 1. The number of nitrogens with two attached hydrogens (primary N) is 2. The number of carbonyl (C=O) groups is 1. The topological polar surface area (TPSA) is 173 Å². The summed E-state index contributed by atoms with van der Waals surface area (Å²) in [4.78, 5) is 40.5. The largest absolute Gasteiger partial charge is 0.383 e. The molecule has 2 aromatic carbocycles. The minimum Gasteiger partial charge on any atom is -0.383 e. The van der Waals surface area contributed by atoms with Crippen molar-refractivity contribution in [2.75, 3.05) is 29.5 Å². The second kappa shape index (κ2) is 9.08. The van der Waals surface area contributed by atoms with Gasteiger partial charge in [-0.25, -0.2) is 18.4 Å². The Morgan fingerprint density at radius 2 is 1.81 bits per heavy atom. The average Bonchev–Trinajstić information content (AvgIpc) is 2.71. The lowest BCUT2D eigenvalue weighted by Crippen LogP contribution is -2.39. The monoisotopic (exact) mass is 458 g/mol. The Morgan fingerprint density at radius 1 is 1.12 bits per heavy atom. The van der Waals surface area contributed by atoms with Crippen LogP contribution in [0.1, 0.15) is 5.56 Å². The van der Waals surface area contributed by atoms with Gasteiger partial charge in [0.15, 0.2) is 0 Å². The highest BCUT2D eigenvalue weighted by Gasteiger charge is 2.19. The van der Waals surface area contributed by atoms with Crippen LogP contribution in [0.15, 0.2) is 69.1 Å². The van der Waals surface area contributed by atoms with E-state index in [1.807, 2.05) is 30.3 Å². The summed E-state index contributed by atoms with van der Waals surface area (Å²) in [5, 5.41) is 7.64. The van der Waals surface area contributed by atoms with Crippen molar-refractivity contribution in [3.8, 4) is 0 Å². The zero-order valence-corrected chi connectivity index (χ0v) is 17.9. The summed E-state index contributed by atoms with van der Waals surface area (Å²) >= 11 is 0. The van der Waals surface area contributed by atoms with Crippen LogP contribution in [-0.2, 0) is 21.4 Å². The number of nitrogens with zero attached hydrogens (tertiary/aromatic N) is 2. The SMILES string of the molecule is CN(CC(=O)Nc1cccc(S(N)(=O)=O)c1)c1c(N)n(Cc2ccccc2)c(=O)[nH]c1=O. The van der Waals surface area contributed by atoms with Crippen LogP contribution in [0.2, 0.25) is 0 Å². The quantitative estimate of drug-likeness (QED) is 0.382. The molecule has 0 saturated carbocycles. The number of nitrogens with one attached hydrogen (secondary N) is 2. The Kier molecular flexibility index (Phi) is 6.46. The third-order valence-corrected chi connectivity index (χ3v) is 5.52. The number of anilines is 3. The van der Waals surface area contributed by atoms with E-state index in [1.54, 1.807) is 0 Å². The van der Waals surface area contributed by atoms with Crippen molar-refractivity contribution in [2.24, 2.45) is 5.14 Å². The molecule has 0 aliphatic carbocycles. The van der Waals surface area contributed by atoms with Crippen LogP contribution in [0.25, 0.3) is 0 Å². The van der Waals surface area contributed by atoms with Gasteiger partial charge in [0.1, 0.15) is 11.5 Å². The Balaban J connectivity index is 1.82. The third kappa shape index (κ3) is 5.22. The molecule has 32 heavy (non-hydrogen) atoms. The predicted octanol–water partition coefficient (Wildman–Crippen LogP) is -0.111. The molecule has 0 unspecified atom stereocenters. The van der Waals surface area contributed by atoms with E-state index in [4.69, 9.17) is 10.9 Å². The number of primary sulfonamides is 1. The van der Waals surface area contributed by atoms with Gasteiger partial charge in [0.05, 0.1) is 18.0 Å². The number of likely N-dealkylation sites (N-methyl/N-ethyl adjacent to an activating group) is 1. The average molecular weight is 459 g/mol. The normalized spacial score (nSPS) is 11.2. The van der Waals surface area contributed by atoms with Crippen molar-refractivity contribution >= 4 is 33.1 Å². The summed E-state index contributed by atoms with van der Waals surface area (Å²) in [7, 11) is -2.46. The van der Waals surface area contributed by atoms with Crippen molar-refractivity contribution < 1.29 is 13.2 Å². The van der Waals surface area contributed by atoms with E-state index in [0.717, 1.165) is 5.56 Å². The second-order valence-electron chi connectivity index (χ2n) is 7.04. The number of aromatic nitrogens is 2. The zero-order valence-electron chi connectivity index (χ0n) is 17.1. The van der Waals surface area contributed by atoms with Gasteiger partial charge in [0.2, 0.25) is 15.9 Å². The first kappa shape index (κ1) is 22.8. The first-order chi connectivity index (χ1) is 15.1. The molecule has 3 rings (SSSR count). The molecule has 0 aliphatic heterocycles. The number of aromatic amines is 1. The molecule has 168 valence electrons. The molecular weight excluding hydrogens is 436 g/mol. The number of hydrogen-bond acceptors (Lipinski definition) is 7. The summed E-state index contributed by atoms with van der Waals surface area (Å²) in [6.07, 6.45) is 0. The molecule has 12 heteroatoms. The Bertz CT molecular complexity index is 1370. The maximum Gasteiger partial charge on any atom is 0.330 e. The molecular formula is C20H22N6O5S. The summed E-state index contributed by atoms with van der Waals surface area (Å²) < 4.78 is 24.2. The molecule has 1 aromatic heterocycles. The highest BCUT2D eigenvalue weighted by molar-refractivity contribution is 7.89. The van der Waals surface area contributed by atoms with Gasteiger partial charge in [0.25, 0.3) is 5.56 Å². The minimum absolute atomic E-state index is 0.0473. The van der Waals surface area contributed by atoms with Crippen LogP contribution >= 0.6 is 0 Å². The number of rotatable bonds is 7. The summed E-state index contributed by atoms with van der Waals surface area (Å²) in [5.74, 6) is -0.632. The molecule has 0 bridgehead atoms. The number of benzene rings is 2. The van der Waals surface area contributed by atoms with Crippen molar-refractivity contribution in [1.82, 2.24) is 9.55 Å². The van der Waals surface area contributed by atoms with Crippen LogP contribution in [0.4, 0.5) is 17.2 Å². The Morgan fingerprint density at radius 3 is 2.47 bits per heavy atom. The van der Waals surface area contributed by atoms with Gasteiger partial charge < -0.3 is 16.0 Å². The minimum atomic E-state index is -3.93. The predicted molar refractivity (Wildman–Crippen MR) is 121 cm³/mol. The number of nitrogen functional groups attached to an aromatic ring is 1. The first-order valence-corrected chi connectivity index (χ1v) is 10.9. The maximum absolute atomic E-state index is 12.5. The zero-order chi connectivity index (χ0) is 23.5. The molecule has 11 nitrogen and oxygen atoms in total. The highest BCUT2D eigenvalue weighted by atomic mass is 32.2. The van der Waals surface area contributed by atoms with Gasteiger partial charge in [-0.2, -0.15) is 0 Å². The van der Waals surface area contributed by atoms with Crippen LogP contribution in [-0.4, -0.2) is 37.5 Å². The molecule has 3 aromatic rings. The van der Waals surface area contributed by atoms with Gasteiger partial charge in [-0.15, -0.1) is 0 Å². The summed E-state index contributed by atoms with van der Waals surface area (Å²) in [6, 6.07) is 14.5. The van der Waals surface area contributed by atoms with E-state index >= 15 is 0 Å². The Labute approximate surface area is 183 Å². The van der Waals surface area contributed by atoms with Crippen molar-refractivity contribution in [1.29, 1.82) is 0 Å². The summed E-state index contributed by atoms with van der Waals surface area (Å²) in [5.41, 5.74) is 5.68. The molecule has 0 atom stereocenters. The molecule has 1 heterocycles. The number of carbonyl (C=O) groups excluding carboxylic acids is 1. The van der Waals surface area contributed by atoms with E-state index < -0.39 is 27.2 Å². The van der Waals surface area contributed by atoms with Crippen LogP contribution in [0.3, 0.4) is 0 Å². The summed E-state index contributed by atoms with van der Waals surface area (Å²) in [6.45, 7) is -0.161. The van der Waals surface area contributed by atoms with Crippen LogP contribution in [0.5, 0.6) is 0 Å². The number of hydrogen-bond donors (Lipinski definition) is 4. The smallest absolute Gasteiger partial charge is 0.330 e. The molecule has 6 N–H and O–H groups in total. The van der Waals surface area contributed by atoms with E-state index in [0.29, 0.717) is 0 Å².